The number of likely N-dealkylation sites (N-methyl/N-ethyl adjacent to an activating group) is 1. The number of hydrogen-bond acceptors (Lipinski definition) is 4. The van der Waals surface area contributed by atoms with Crippen LogP contribution in [0.1, 0.15) is 18.3 Å². The molecule has 5 heteroatoms. The van der Waals surface area contributed by atoms with Crippen LogP contribution in [0.15, 0.2) is 36.4 Å². The second-order valence-electron chi connectivity index (χ2n) is 6.29. The lowest BCUT2D eigenvalue weighted by Gasteiger charge is -2.12. The van der Waals surface area contributed by atoms with E-state index in [-0.39, 0.29) is 0 Å². The first-order chi connectivity index (χ1) is 11.6. The summed E-state index contributed by atoms with van der Waals surface area (Å²) >= 11 is 0. The number of nitrogens with one attached hydrogen (secondary N) is 1. The minimum absolute atomic E-state index is 0.869. The fourth-order valence-corrected chi connectivity index (χ4v) is 2.86. The largest absolute Gasteiger partial charge is 0.369 e. The van der Waals surface area contributed by atoms with Gasteiger partial charge in [0.05, 0.1) is 5.69 Å². The first-order valence-corrected chi connectivity index (χ1v) is 8.43. The van der Waals surface area contributed by atoms with Crippen LogP contribution in [0.5, 0.6) is 0 Å². The molecule has 1 aromatic carbocycles. The van der Waals surface area contributed by atoms with Gasteiger partial charge in [-0.25, -0.2) is 4.98 Å². The smallest absolute Gasteiger partial charge is 0.165 e. The van der Waals surface area contributed by atoms with Crippen LogP contribution >= 0.6 is 0 Å². The average molecular weight is 323 g/mol. The van der Waals surface area contributed by atoms with Crippen molar-refractivity contribution in [3.63, 3.8) is 0 Å². The van der Waals surface area contributed by atoms with Gasteiger partial charge in [-0.3, -0.25) is 0 Å². The van der Waals surface area contributed by atoms with Crippen LogP contribution in [0.2, 0.25) is 0 Å². The minimum Gasteiger partial charge on any atom is -0.369 e. The van der Waals surface area contributed by atoms with Crippen molar-refractivity contribution < 1.29 is 0 Å². The van der Waals surface area contributed by atoms with Crippen LogP contribution in [-0.4, -0.2) is 46.7 Å². The van der Waals surface area contributed by atoms with Crippen LogP contribution < -0.4 is 5.32 Å². The molecule has 3 rings (SSSR count). The maximum atomic E-state index is 4.82. The Labute approximate surface area is 143 Å². The normalized spacial score (nSPS) is 11.4. The Hall–Kier alpha value is -2.40. The molecule has 1 N–H and O–H groups in total. The van der Waals surface area contributed by atoms with Gasteiger partial charge in [0.1, 0.15) is 5.82 Å². The minimum atomic E-state index is 0.869. The number of nitrogens with zero attached hydrogens (tertiary/aromatic N) is 4. The highest BCUT2D eigenvalue weighted by molar-refractivity contribution is 5.81. The lowest BCUT2D eigenvalue weighted by molar-refractivity contribution is 0.425. The third-order valence-corrected chi connectivity index (χ3v) is 4.05. The summed E-state index contributed by atoms with van der Waals surface area (Å²) in [6.07, 6.45) is 0.879. The Morgan fingerprint density at radius 1 is 1.17 bits per heavy atom. The van der Waals surface area contributed by atoms with E-state index in [0.29, 0.717) is 0 Å². The molecule has 0 amide bonds. The highest BCUT2D eigenvalue weighted by atomic mass is 15.3. The molecule has 0 aliphatic carbocycles. The van der Waals surface area contributed by atoms with E-state index in [1.165, 1.54) is 5.56 Å². The zero-order chi connectivity index (χ0) is 17.1. The first-order valence-electron chi connectivity index (χ1n) is 8.43. The number of rotatable bonds is 6. The van der Waals surface area contributed by atoms with Gasteiger partial charge < -0.3 is 10.2 Å². The molecule has 0 radical (unpaired) electrons. The zero-order valence-corrected chi connectivity index (χ0v) is 14.9. The number of fused-ring (bicyclic) bond motifs is 1. The molecule has 0 unspecified atom stereocenters. The molecule has 0 fully saturated rings. The summed E-state index contributed by atoms with van der Waals surface area (Å²) in [6, 6.07) is 12.5. The molecule has 0 atom stereocenters. The summed E-state index contributed by atoms with van der Waals surface area (Å²) in [6.45, 7) is 6.01. The van der Waals surface area contributed by atoms with Gasteiger partial charge in [0.2, 0.25) is 0 Å². The number of anilines is 1. The summed E-state index contributed by atoms with van der Waals surface area (Å²) < 4.78 is 1.95. The first kappa shape index (κ1) is 16.5. The predicted molar refractivity (Wildman–Crippen MR) is 99.6 cm³/mol. The third kappa shape index (κ3) is 3.26. The van der Waals surface area contributed by atoms with Gasteiger partial charge >= 0.3 is 0 Å². The Bertz CT molecular complexity index is 821. The lowest BCUT2D eigenvalue weighted by Crippen LogP contribution is -2.21. The number of aromatic nitrogens is 3. The zero-order valence-electron chi connectivity index (χ0n) is 14.9. The van der Waals surface area contributed by atoms with Crippen LogP contribution in [0.4, 0.5) is 5.82 Å². The molecule has 0 saturated heterocycles. The Morgan fingerprint density at radius 3 is 2.58 bits per heavy atom. The fraction of sp³-hybridized carbons (Fsp3) is 0.368. The Morgan fingerprint density at radius 2 is 1.92 bits per heavy atom. The van der Waals surface area contributed by atoms with Crippen molar-refractivity contribution >= 4 is 11.5 Å². The van der Waals surface area contributed by atoms with E-state index >= 15 is 0 Å². The highest BCUT2D eigenvalue weighted by Crippen LogP contribution is 2.29. The molecule has 3 aromatic rings. The second kappa shape index (κ2) is 7.01. The summed E-state index contributed by atoms with van der Waals surface area (Å²) in [5, 5.41) is 8.32. The van der Waals surface area contributed by atoms with E-state index in [2.05, 4.69) is 61.6 Å². The number of hydrogen-bond donors (Lipinski definition) is 1. The predicted octanol–water partition coefficient (Wildman–Crippen LogP) is 3.24. The van der Waals surface area contributed by atoms with Crippen LogP contribution in [-0.2, 0) is 6.42 Å². The summed E-state index contributed by atoms with van der Waals surface area (Å²) in [5.41, 5.74) is 5.30. The van der Waals surface area contributed by atoms with Crippen LogP contribution in [0, 0.1) is 6.92 Å². The van der Waals surface area contributed by atoms with Crippen molar-refractivity contribution in [1.82, 2.24) is 19.5 Å². The second-order valence-corrected chi connectivity index (χ2v) is 6.29. The third-order valence-electron chi connectivity index (χ3n) is 4.05. The monoisotopic (exact) mass is 323 g/mol. The quantitative estimate of drug-likeness (QED) is 0.756. The highest BCUT2D eigenvalue weighted by Gasteiger charge is 2.17. The van der Waals surface area contributed by atoms with Crippen molar-refractivity contribution in [2.24, 2.45) is 0 Å². The topological polar surface area (TPSA) is 45.5 Å². The van der Waals surface area contributed by atoms with E-state index in [1.807, 2.05) is 17.5 Å². The molecule has 0 bridgehead atoms. The Balaban J connectivity index is 2.11. The van der Waals surface area contributed by atoms with E-state index in [1.54, 1.807) is 0 Å². The fourth-order valence-electron chi connectivity index (χ4n) is 2.86. The van der Waals surface area contributed by atoms with Crippen molar-refractivity contribution in [1.29, 1.82) is 0 Å². The molecule has 5 nitrogen and oxygen atoms in total. The van der Waals surface area contributed by atoms with Crippen LogP contribution in [0.25, 0.3) is 16.8 Å². The maximum absolute atomic E-state index is 4.82. The molecule has 126 valence electrons. The van der Waals surface area contributed by atoms with Gasteiger partial charge in [0.15, 0.2) is 5.65 Å². The van der Waals surface area contributed by atoms with Crippen LogP contribution in [0.3, 0.4) is 0 Å². The van der Waals surface area contributed by atoms with Gasteiger partial charge in [-0.1, -0.05) is 37.3 Å². The molecule has 2 heterocycles. The van der Waals surface area contributed by atoms with Gasteiger partial charge in [0.25, 0.3) is 0 Å². The SMILES string of the molecule is CCc1nn2c(NCCN(C)C)cc(C)nc2c1-c1ccccc1. The maximum Gasteiger partial charge on any atom is 0.165 e. The van der Waals surface area contributed by atoms with Gasteiger partial charge in [-0.15, -0.1) is 0 Å². The standard InChI is InChI=1S/C19H25N5/c1-5-16-18(15-9-7-6-8-10-15)19-21-14(2)13-17(24(19)22-16)20-11-12-23(3)4/h6-10,13,20H,5,11-12H2,1-4H3. The average Bonchev–Trinajstić information content (AvgIpc) is 2.93. The summed E-state index contributed by atoms with van der Waals surface area (Å²) in [7, 11) is 4.15. The van der Waals surface area contributed by atoms with E-state index in [0.717, 1.165) is 47.9 Å². The van der Waals surface area contributed by atoms with Crippen molar-refractivity contribution in [3.05, 3.63) is 47.8 Å². The summed E-state index contributed by atoms with van der Waals surface area (Å²) in [4.78, 5) is 6.94. The molecule has 24 heavy (non-hydrogen) atoms. The molecular formula is C19H25N5. The molecular weight excluding hydrogens is 298 g/mol. The molecule has 0 aliphatic heterocycles. The number of aryl methyl sites for hydroxylation is 2. The van der Waals surface area contributed by atoms with E-state index in [4.69, 9.17) is 10.1 Å². The molecule has 0 saturated carbocycles. The molecule has 0 spiro atoms. The summed E-state index contributed by atoms with van der Waals surface area (Å²) in [5.74, 6) is 0.997. The van der Waals surface area contributed by atoms with Crippen molar-refractivity contribution in [2.45, 2.75) is 20.3 Å². The van der Waals surface area contributed by atoms with Gasteiger partial charge in [0, 0.05) is 30.4 Å². The Kier molecular flexibility index (Phi) is 4.81. The van der Waals surface area contributed by atoms with E-state index in [9.17, 15) is 0 Å². The molecule has 2 aromatic heterocycles. The van der Waals surface area contributed by atoms with Crippen molar-refractivity contribution in [2.75, 3.05) is 32.5 Å². The van der Waals surface area contributed by atoms with Gasteiger partial charge in [-0.05, 0) is 33.0 Å². The molecule has 0 aliphatic rings. The van der Waals surface area contributed by atoms with Crippen molar-refractivity contribution in [3.8, 4) is 11.1 Å². The van der Waals surface area contributed by atoms with E-state index < -0.39 is 0 Å². The van der Waals surface area contributed by atoms with Gasteiger partial charge in [-0.2, -0.15) is 9.61 Å². The number of benzene rings is 1. The lowest BCUT2D eigenvalue weighted by atomic mass is 10.0.